The largest absolute Gasteiger partial charge is 0.310 e. The van der Waals surface area contributed by atoms with Gasteiger partial charge in [0.1, 0.15) is 11.6 Å². The molecule has 1 spiro atoms. The van der Waals surface area contributed by atoms with Crippen molar-refractivity contribution in [2.45, 2.75) is 5.41 Å². The average molecular weight is 837 g/mol. The molecule has 0 radical (unpaired) electrons. The molecule has 11 aromatic carbocycles. The van der Waals surface area contributed by atoms with E-state index in [1.165, 1.54) is 56.6 Å². The first kappa shape index (κ1) is 37.2. The van der Waals surface area contributed by atoms with Gasteiger partial charge in [-0.3, -0.25) is 0 Å². The number of anilines is 6. The zero-order valence-electron chi connectivity index (χ0n) is 35.1. The highest BCUT2D eigenvalue weighted by Gasteiger charge is 2.54. The van der Waals surface area contributed by atoms with Gasteiger partial charge in [-0.15, -0.1) is 0 Å². The second kappa shape index (κ2) is 14.3. The van der Waals surface area contributed by atoms with E-state index in [9.17, 15) is 0 Å². The number of hydrogen-bond acceptors (Lipinski definition) is 2. The van der Waals surface area contributed by atoms with Crippen LogP contribution in [0.25, 0.3) is 54.6 Å². The van der Waals surface area contributed by atoms with Crippen molar-refractivity contribution in [3.8, 4) is 22.3 Å². The highest BCUT2D eigenvalue weighted by atomic mass is 19.1. The smallest absolute Gasteiger partial charge is 0.125 e. The predicted octanol–water partition coefficient (Wildman–Crippen LogP) is 16.7. The molecule has 11 aromatic rings. The van der Waals surface area contributed by atoms with Gasteiger partial charge in [-0.25, -0.2) is 8.78 Å². The Balaban J connectivity index is 1.20. The van der Waals surface area contributed by atoms with Crippen molar-refractivity contribution in [1.29, 1.82) is 0 Å². The molecule has 0 heterocycles. The molecule has 0 fully saturated rings. The monoisotopic (exact) mass is 836 g/mol. The molecule has 4 heteroatoms. The summed E-state index contributed by atoms with van der Waals surface area (Å²) < 4.78 is 30.4. The molecule has 65 heavy (non-hydrogen) atoms. The van der Waals surface area contributed by atoms with Gasteiger partial charge in [-0.1, -0.05) is 152 Å². The Morgan fingerprint density at radius 1 is 0.292 bits per heavy atom. The summed E-state index contributed by atoms with van der Waals surface area (Å²) in [6, 6.07) is 78.8. The minimum absolute atomic E-state index is 0.291. The quantitative estimate of drug-likeness (QED) is 0.154. The summed E-state index contributed by atoms with van der Waals surface area (Å²) in [4.78, 5) is 4.35. The Labute approximate surface area is 375 Å². The predicted molar refractivity (Wildman–Crippen MR) is 265 cm³/mol. The van der Waals surface area contributed by atoms with E-state index >= 15 is 8.78 Å². The number of halogens is 2. The van der Waals surface area contributed by atoms with Gasteiger partial charge >= 0.3 is 0 Å². The zero-order valence-corrected chi connectivity index (χ0v) is 35.1. The minimum Gasteiger partial charge on any atom is -0.310 e. The molecule has 0 N–H and O–H groups in total. The van der Waals surface area contributed by atoms with E-state index in [2.05, 4.69) is 155 Å². The number of hydrogen-bond donors (Lipinski definition) is 0. The molecule has 0 aromatic heterocycles. The van der Waals surface area contributed by atoms with Gasteiger partial charge in [0.2, 0.25) is 0 Å². The van der Waals surface area contributed by atoms with Gasteiger partial charge < -0.3 is 9.80 Å². The van der Waals surface area contributed by atoms with Crippen molar-refractivity contribution in [3.63, 3.8) is 0 Å². The number of benzene rings is 11. The molecule has 306 valence electrons. The number of fused-ring (bicyclic) bond motifs is 17. The maximum atomic E-state index is 15.4. The summed E-state index contributed by atoms with van der Waals surface area (Å²) in [5, 5.41) is 6.74. The highest BCUT2D eigenvalue weighted by Crippen LogP contribution is 2.67. The second-order valence-corrected chi connectivity index (χ2v) is 17.0. The van der Waals surface area contributed by atoms with Crippen molar-refractivity contribution in [1.82, 2.24) is 0 Å². The lowest BCUT2D eigenvalue weighted by Gasteiger charge is -2.34. The number of para-hydroxylation sites is 2. The Morgan fingerprint density at radius 2 is 0.769 bits per heavy atom. The van der Waals surface area contributed by atoms with Crippen molar-refractivity contribution in [2.75, 3.05) is 9.80 Å². The SMILES string of the molecule is Fc1cccc(N(c2ccccc2)c2ccc3c4c(c5ccccc5c3c2)-c2c(cc(N(c3ccccc3)c3cccc(F)c3)c3ccccc23)C42c3ccccc3-c3ccccc32)c1. The average Bonchev–Trinajstić information content (AvgIpc) is 3.83. The van der Waals surface area contributed by atoms with Crippen LogP contribution in [-0.4, -0.2) is 0 Å². The maximum Gasteiger partial charge on any atom is 0.125 e. The van der Waals surface area contributed by atoms with Crippen molar-refractivity contribution >= 4 is 66.4 Å². The van der Waals surface area contributed by atoms with Crippen molar-refractivity contribution in [3.05, 3.63) is 264 Å². The van der Waals surface area contributed by atoms with Crippen LogP contribution < -0.4 is 9.80 Å². The molecule has 13 rings (SSSR count). The van der Waals surface area contributed by atoms with Gasteiger partial charge in [0.15, 0.2) is 0 Å². The van der Waals surface area contributed by atoms with E-state index in [1.54, 1.807) is 24.3 Å². The van der Waals surface area contributed by atoms with Gasteiger partial charge in [0, 0.05) is 33.8 Å². The Morgan fingerprint density at radius 3 is 1.38 bits per heavy atom. The van der Waals surface area contributed by atoms with Crippen molar-refractivity contribution in [2.24, 2.45) is 0 Å². The van der Waals surface area contributed by atoms with Crippen LogP contribution >= 0.6 is 0 Å². The highest BCUT2D eigenvalue weighted by molar-refractivity contribution is 6.24. The van der Waals surface area contributed by atoms with E-state index < -0.39 is 5.41 Å². The number of nitrogens with zero attached hydrogens (tertiary/aromatic N) is 2. The standard InChI is InChI=1S/C61H38F2N2/c62-39-17-15-23-43(35-39)64(41-19-3-1-4-20-41)45-33-34-52-53(37-45)46-25-7-9-29-50(46)59-58-51-30-10-8-28-49(51)57(65(42-21-5-2-6-22-42)44-24-16-18-40(63)36-44)38-56(58)61(60(52)59)54-31-13-11-26-47(54)48-27-12-14-32-55(48)61/h1-38H. The Bertz CT molecular complexity index is 3670. The molecule has 0 amide bonds. The summed E-state index contributed by atoms with van der Waals surface area (Å²) in [7, 11) is 0. The van der Waals surface area contributed by atoms with Crippen LogP contribution in [0.5, 0.6) is 0 Å². The lowest BCUT2D eigenvalue weighted by Crippen LogP contribution is -2.26. The van der Waals surface area contributed by atoms with Gasteiger partial charge in [-0.05, 0) is 150 Å². The third-order valence-electron chi connectivity index (χ3n) is 13.7. The van der Waals surface area contributed by atoms with E-state index in [1.807, 2.05) is 48.5 Å². The maximum absolute atomic E-state index is 15.4. The molecule has 0 unspecified atom stereocenters. The van der Waals surface area contributed by atoms with Gasteiger partial charge in [0.25, 0.3) is 0 Å². The van der Waals surface area contributed by atoms with Crippen LogP contribution in [0.3, 0.4) is 0 Å². The summed E-state index contributed by atoms with van der Waals surface area (Å²) in [6.45, 7) is 0. The molecule has 0 aliphatic heterocycles. The molecule has 0 atom stereocenters. The van der Waals surface area contributed by atoms with Gasteiger partial charge in [-0.2, -0.15) is 0 Å². The van der Waals surface area contributed by atoms with Crippen LogP contribution in [0.4, 0.5) is 42.9 Å². The molecule has 2 nitrogen and oxygen atoms in total. The summed E-state index contributed by atoms with van der Waals surface area (Å²) in [5.41, 5.74) is 14.2. The lowest BCUT2D eigenvalue weighted by atomic mass is 9.69. The van der Waals surface area contributed by atoms with E-state index in [4.69, 9.17) is 0 Å². The van der Waals surface area contributed by atoms with Crippen LogP contribution in [0.2, 0.25) is 0 Å². The van der Waals surface area contributed by atoms with E-state index in [-0.39, 0.29) is 11.6 Å². The summed E-state index contributed by atoms with van der Waals surface area (Å²) >= 11 is 0. The van der Waals surface area contributed by atoms with E-state index in [0.717, 1.165) is 66.4 Å². The van der Waals surface area contributed by atoms with Gasteiger partial charge in [0.05, 0.1) is 11.1 Å². The van der Waals surface area contributed by atoms with Crippen LogP contribution in [-0.2, 0) is 5.41 Å². The third kappa shape index (κ3) is 5.38. The first-order chi connectivity index (χ1) is 32.1. The Hall–Kier alpha value is -8.34. The molecule has 0 saturated heterocycles. The summed E-state index contributed by atoms with van der Waals surface area (Å²) in [5.74, 6) is -0.586. The fourth-order valence-corrected chi connectivity index (χ4v) is 11.3. The Kier molecular flexibility index (Phi) is 8.22. The molecule has 0 saturated carbocycles. The normalized spacial score (nSPS) is 12.9. The first-order valence-corrected chi connectivity index (χ1v) is 22.1. The van der Waals surface area contributed by atoms with Crippen LogP contribution in [0.15, 0.2) is 231 Å². The molecule has 2 aliphatic carbocycles. The van der Waals surface area contributed by atoms with Crippen LogP contribution in [0.1, 0.15) is 22.3 Å². The lowest BCUT2D eigenvalue weighted by molar-refractivity contribution is 0.627. The topological polar surface area (TPSA) is 6.48 Å². The minimum atomic E-state index is -0.744. The molecule has 2 aliphatic rings. The fraction of sp³-hybridized carbons (Fsp3) is 0.0164. The summed E-state index contributed by atoms with van der Waals surface area (Å²) in [6.07, 6.45) is 0. The molecular weight excluding hydrogens is 799 g/mol. The fourth-order valence-electron chi connectivity index (χ4n) is 11.3. The molecular formula is C61H38F2N2. The number of rotatable bonds is 6. The first-order valence-electron chi connectivity index (χ1n) is 22.1. The zero-order chi connectivity index (χ0) is 43.2. The van der Waals surface area contributed by atoms with Crippen molar-refractivity contribution < 1.29 is 8.78 Å². The third-order valence-corrected chi connectivity index (χ3v) is 13.7. The molecule has 0 bridgehead atoms. The second-order valence-electron chi connectivity index (χ2n) is 17.0. The van der Waals surface area contributed by atoms with E-state index in [0.29, 0.717) is 0 Å². The van der Waals surface area contributed by atoms with Crippen LogP contribution in [0, 0.1) is 11.6 Å².